The molecule has 5 N–H and O–H groups in total. The second-order valence-electron chi connectivity index (χ2n) is 23.2. The standard InChI is InChI=1S/C61H99NO18/c1-39-15-11-10-12-16-40(2)53(78-28-27-77-38-47(36-75-25-23-63)37-76-26-24-64)33-48-20-18-45(7)61(72,80-48)35-52(67)59(70)62-22-14-13-17-49(62)60(71)79-54(42(4)31-46-19-21-50(65)55(32-46)73-8)34-51(66)41(3)30-44(6)57(69)58(74-9)56(68)43(5)29-39/h10-12,15-16,30,39,41-43,45-50,53-55,57-58,63-65,69,72H,13-14,17-29,31-38H2,1-9H3/b12-10+,15-11+,40-16+,44-30+/t39-,41-,42-,43-,45-,46+,48+,49+,50-,53+,54+,55-,57-,58+,61+/m1/s1. The lowest BCUT2D eigenvalue weighted by molar-refractivity contribution is -0.282. The van der Waals surface area contributed by atoms with Gasteiger partial charge in [-0.2, -0.15) is 0 Å². The smallest absolute Gasteiger partial charge is 0.329 e. The Kier molecular flexibility index (Phi) is 30.6. The molecule has 0 aromatic carbocycles. The SMILES string of the molecule is CO[C@@H]1C[C@H](C[C@@H](C)[C@@H]2CC(=O)[C@H](C)/C=C(\C)[C@@H](O)[C@@H](OC)C(=O)[C@H](C)C[C@H](C)/C=C/C=C/C=C(\C)[C@@H](OCCOCC(COCCO)COCCO)C[C@@H]3CC[C@@H](C)[C@](O)(CC(=O)C(=O)N4CCCC[C@H]4C(=O)O2)O3)CC[C@H]1O. The van der Waals surface area contributed by atoms with Crippen LogP contribution >= 0.6 is 0 Å². The highest BCUT2D eigenvalue weighted by Gasteiger charge is 2.47. The third-order valence-electron chi connectivity index (χ3n) is 16.5. The van der Waals surface area contributed by atoms with Gasteiger partial charge in [-0.15, -0.1) is 0 Å². The molecule has 1 aliphatic carbocycles. The first-order valence-corrected chi connectivity index (χ1v) is 29.4. The molecular weight excluding hydrogens is 1030 g/mol. The molecule has 2 saturated heterocycles. The van der Waals surface area contributed by atoms with Crippen LogP contribution in [0.4, 0.5) is 0 Å². The first-order chi connectivity index (χ1) is 38.2. The van der Waals surface area contributed by atoms with Crippen molar-refractivity contribution in [1.29, 1.82) is 0 Å². The van der Waals surface area contributed by atoms with Crippen molar-refractivity contribution in [3.63, 3.8) is 0 Å². The number of aliphatic hydroxyl groups excluding tert-OH is 4. The summed E-state index contributed by atoms with van der Waals surface area (Å²) in [6.07, 6.45) is 10.3. The van der Waals surface area contributed by atoms with Crippen LogP contribution in [-0.2, 0) is 61.9 Å². The summed E-state index contributed by atoms with van der Waals surface area (Å²) in [7, 11) is 2.93. The third kappa shape index (κ3) is 21.9. The van der Waals surface area contributed by atoms with Crippen LogP contribution in [0.25, 0.3) is 0 Å². The quantitative estimate of drug-likeness (QED) is 0.0457. The summed E-state index contributed by atoms with van der Waals surface area (Å²) in [5.74, 6) is -7.38. The van der Waals surface area contributed by atoms with Crippen molar-refractivity contribution in [2.75, 3.05) is 80.2 Å². The molecule has 19 nitrogen and oxygen atoms in total. The number of ketones is 3. The number of carbonyl (C=O) groups is 5. The Morgan fingerprint density at radius 3 is 2.14 bits per heavy atom. The van der Waals surface area contributed by atoms with Gasteiger partial charge in [0.1, 0.15) is 30.1 Å². The summed E-state index contributed by atoms with van der Waals surface area (Å²) in [5, 5.41) is 52.6. The van der Waals surface area contributed by atoms with Crippen LogP contribution in [0, 0.1) is 41.4 Å². The highest BCUT2D eigenvalue weighted by molar-refractivity contribution is 6.36. The second kappa shape index (κ2) is 35.5. The van der Waals surface area contributed by atoms with Crippen LogP contribution in [0.5, 0.6) is 0 Å². The topological polar surface area (TPSA) is 264 Å². The number of methoxy groups -OCH3 is 2. The number of hydrogen-bond acceptors (Lipinski definition) is 18. The van der Waals surface area contributed by atoms with Gasteiger partial charge in [0, 0.05) is 57.3 Å². The lowest BCUT2D eigenvalue weighted by Crippen LogP contribution is -2.54. The molecule has 0 aromatic heterocycles. The van der Waals surface area contributed by atoms with E-state index >= 15 is 0 Å². The van der Waals surface area contributed by atoms with E-state index in [1.54, 1.807) is 40.9 Å². The minimum atomic E-state index is -2.01. The van der Waals surface area contributed by atoms with E-state index in [2.05, 4.69) is 0 Å². The molecule has 19 heteroatoms. The summed E-state index contributed by atoms with van der Waals surface area (Å²) < 4.78 is 47.4. The highest BCUT2D eigenvalue weighted by atomic mass is 16.6. The summed E-state index contributed by atoms with van der Waals surface area (Å²) in [6.45, 7) is 14.2. The predicted molar refractivity (Wildman–Crippen MR) is 299 cm³/mol. The number of cyclic esters (lactones) is 1. The lowest BCUT2D eigenvalue weighted by atomic mass is 9.78. The number of nitrogens with zero attached hydrogens (tertiary/aromatic N) is 1. The van der Waals surface area contributed by atoms with Crippen molar-refractivity contribution >= 4 is 29.2 Å². The van der Waals surface area contributed by atoms with Gasteiger partial charge in [0.05, 0.1) is 90.3 Å². The summed E-state index contributed by atoms with van der Waals surface area (Å²) in [5.41, 5.74) is 1.21. The van der Waals surface area contributed by atoms with Crippen LogP contribution in [0.1, 0.15) is 132 Å². The van der Waals surface area contributed by atoms with Crippen molar-refractivity contribution in [3.05, 3.63) is 47.6 Å². The largest absolute Gasteiger partial charge is 0.460 e. The molecular formula is C61H99NO18. The van der Waals surface area contributed by atoms with Gasteiger partial charge in [-0.25, -0.2) is 4.79 Å². The first-order valence-electron chi connectivity index (χ1n) is 29.4. The fourth-order valence-corrected chi connectivity index (χ4v) is 11.5. The Balaban J connectivity index is 1.65. The number of hydrogen-bond donors (Lipinski definition) is 5. The van der Waals surface area contributed by atoms with E-state index in [1.165, 1.54) is 12.0 Å². The molecule has 3 heterocycles. The van der Waals surface area contributed by atoms with Crippen LogP contribution in [0.2, 0.25) is 0 Å². The first kappa shape index (κ1) is 68.9. The maximum absolute atomic E-state index is 14.5. The number of rotatable bonds is 19. The van der Waals surface area contributed by atoms with E-state index in [1.807, 2.05) is 51.2 Å². The Bertz CT molecular complexity index is 2030. The van der Waals surface area contributed by atoms with E-state index in [0.717, 1.165) is 5.57 Å². The molecule has 2 bridgehead atoms. The van der Waals surface area contributed by atoms with Crippen molar-refractivity contribution < 1.29 is 87.4 Å². The van der Waals surface area contributed by atoms with Gasteiger partial charge in [0.15, 0.2) is 11.6 Å². The maximum atomic E-state index is 14.5. The molecule has 0 aromatic rings. The molecule has 4 rings (SSSR count). The molecule has 456 valence electrons. The lowest BCUT2D eigenvalue weighted by Gasteiger charge is -2.43. The van der Waals surface area contributed by atoms with Gasteiger partial charge >= 0.3 is 5.97 Å². The molecule has 3 aliphatic heterocycles. The van der Waals surface area contributed by atoms with E-state index in [9.17, 15) is 49.5 Å². The van der Waals surface area contributed by atoms with Gasteiger partial charge in [-0.3, -0.25) is 19.2 Å². The second-order valence-corrected chi connectivity index (χ2v) is 23.2. The number of esters is 1. The number of ether oxygens (including phenoxy) is 8. The molecule has 0 radical (unpaired) electrons. The number of carbonyl (C=O) groups excluding carboxylic acids is 5. The zero-order valence-corrected chi connectivity index (χ0v) is 49.4. The summed E-state index contributed by atoms with van der Waals surface area (Å²) in [4.78, 5) is 72.3. The normalized spacial score (nSPS) is 35.3. The summed E-state index contributed by atoms with van der Waals surface area (Å²) in [6, 6.07) is -1.13. The average Bonchev–Trinajstić information content (AvgIpc) is 3.45. The van der Waals surface area contributed by atoms with Crippen LogP contribution < -0.4 is 0 Å². The number of piperidine rings is 1. The number of amides is 1. The molecule has 15 atom stereocenters. The fraction of sp³-hybridized carbons (Fsp3) is 0.787. The Morgan fingerprint density at radius 2 is 1.48 bits per heavy atom. The molecule has 3 fully saturated rings. The van der Waals surface area contributed by atoms with Crippen LogP contribution in [0.15, 0.2) is 47.6 Å². The van der Waals surface area contributed by atoms with Crippen molar-refractivity contribution in [2.24, 2.45) is 41.4 Å². The zero-order chi connectivity index (χ0) is 58.9. The van der Waals surface area contributed by atoms with Gasteiger partial charge in [-0.05, 0) is 107 Å². The molecule has 0 unspecified atom stereocenters. The Labute approximate surface area is 475 Å². The van der Waals surface area contributed by atoms with Gasteiger partial charge in [0.25, 0.3) is 5.91 Å². The number of aliphatic hydroxyl groups is 5. The van der Waals surface area contributed by atoms with Gasteiger partial charge < -0.3 is 68.3 Å². The van der Waals surface area contributed by atoms with Crippen molar-refractivity contribution in [1.82, 2.24) is 4.90 Å². The number of Topliss-reactive ketones (excluding diaryl/α,β-unsaturated/α-hetero) is 3. The average molecular weight is 1130 g/mol. The van der Waals surface area contributed by atoms with Gasteiger partial charge in [0.2, 0.25) is 5.78 Å². The maximum Gasteiger partial charge on any atom is 0.329 e. The number of allylic oxidation sites excluding steroid dienone is 6. The van der Waals surface area contributed by atoms with E-state index < -0.39 is 90.3 Å². The molecule has 4 aliphatic rings. The molecule has 80 heavy (non-hydrogen) atoms. The fourth-order valence-electron chi connectivity index (χ4n) is 11.5. The summed E-state index contributed by atoms with van der Waals surface area (Å²) >= 11 is 0. The minimum absolute atomic E-state index is 0.0328. The van der Waals surface area contributed by atoms with E-state index in [-0.39, 0.29) is 120 Å². The van der Waals surface area contributed by atoms with E-state index in [4.69, 9.17) is 37.9 Å². The zero-order valence-electron chi connectivity index (χ0n) is 49.4. The van der Waals surface area contributed by atoms with Crippen LogP contribution in [0.3, 0.4) is 0 Å². The van der Waals surface area contributed by atoms with Gasteiger partial charge in [-0.1, -0.05) is 71.1 Å². The molecule has 1 saturated carbocycles. The Morgan fingerprint density at radius 1 is 0.787 bits per heavy atom. The predicted octanol–water partition coefficient (Wildman–Crippen LogP) is 5.59. The number of fused-ring (bicyclic) bond motifs is 3. The van der Waals surface area contributed by atoms with E-state index in [0.29, 0.717) is 69.8 Å². The van der Waals surface area contributed by atoms with Crippen molar-refractivity contribution in [3.8, 4) is 0 Å². The molecule has 1 amide bonds. The van der Waals surface area contributed by atoms with Crippen LogP contribution in [-0.4, -0.2) is 194 Å². The minimum Gasteiger partial charge on any atom is -0.460 e. The molecule has 0 spiro atoms. The Hall–Kier alpha value is -3.57. The highest BCUT2D eigenvalue weighted by Crippen LogP contribution is 2.38. The monoisotopic (exact) mass is 1130 g/mol. The van der Waals surface area contributed by atoms with Crippen molar-refractivity contribution in [2.45, 2.75) is 186 Å². The third-order valence-corrected chi connectivity index (χ3v) is 16.5.